The Morgan fingerprint density at radius 1 is 1.22 bits per heavy atom. The summed E-state index contributed by atoms with van der Waals surface area (Å²) in [4.78, 5) is 2.22. The molecule has 1 aromatic heterocycles. The molecule has 0 amide bonds. The molecule has 1 atom stereocenters. The summed E-state index contributed by atoms with van der Waals surface area (Å²) in [6.07, 6.45) is -0.00357. The van der Waals surface area contributed by atoms with Crippen molar-refractivity contribution in [2.75, 3.05) is 0 Å². The molecule has 1 N–H and O–H groups in total. The van der Waals surface area contributed by atoms with E-state index in [0.29, 0.717) is 16.5 Å². The average Bonchev–Trinajstić information content (AvgIpc) is 2.63. The highest BCUT2D eigenvalue weighted by molar-refractivity contribution is 7.12. The fraction of sp³-hybridized carbons (Fsp3) is 0.286. The molecule has 18 heavy (non-hydrogen) atoms. The smallest absolute Gasteiger partial charge is 0.0922 e. The average molecular weight is 301 g/mol. The van der Waals surface area contributed by atoms with Gasteiger partial charge in [-0.1, -0.05) is 29.3 Å². The molecule has 1 unspecified atom stereocenters. The zero-order valence-electron chi connectivity index (χ0n) is 10.2. The van der Waals surface area contributed by atoms with Crippen molar-refractivity contribution in [3.05, 3.63) is 55.2 Å². The summed E-state index contributed by atoms with van der Waals surface area (Å²) in [7, 11) is 0. The van der Waals surface area contributed by atoms with E-state index in [2.05, 4.69) is 13.8 Å². The SMILES string of the molecule is Cc1cc(C(O)Cc2ccc(Cl)cc2Cl)sc1C. The molecule has 0 spiro atoms. The number of rotatable bonds is 3. The monoisotopic (exact) mass is 300 g/mol. The van der Waals surface area contributed by atoms with Crippen molar-refractivity contribution in [1.82, 2.24) is 0 Å². The minimum absolute atomic E-state index is 0.509. The molecule has 1 aromatic carbocycles. The van der Waals surface area contributed by atoms with Crippen molar-refractivity contribution in [3.63, 3.8) is 0 Å². The Labute approximate surface area is 121 Å². The van der Waals surface area contributed by atoms with E-state index >= 15 is 0 Å². The predicted molar refractivity (Wildman–Crippen MR) is 78.9 cm³/mol. The molecule has 0 fully saturated rings. The molecule has 1 nitrogen and oxygen atoms in total. The minimum atomic E-state index is -0.513. The molecule has 96 valence electrons. The van der Waals surface area contributed by atoms with Crippen LogP contribution in [0, 0.1) is 13.8 Å². The van der Waals surface area contributed by atoms with Gasteiger partial charge in [0.25, 0.3) is 0 Å². The Kier molecular flexibility index (Phi) is 4.33. The van der Waals surface area contributed by atoms with Gasteiger partial charge in [0.15, 0.2) is 0 Å². The quantitative estimate of drug-likeness (QED) is 0.850. The van der Waals surface area contributed by atoms with E-state index in [-0.39, 0.29) is 0 Å². The van der Waals surface area contributed by atoms with Gasteiger partial charge >= 0.3 is 0 Å². The predicted octanol–water partition coefficient (Wildman–Crippen LogP) is 4.95. The van der Waals surface area contributed by atoms with Gasteiger partial charge in [0.1, 0.15) is 0 Å². The highest BCUT2D eigenvalue weighted by atomic mass is 35.5. The molecule has 0 saturated carbocycles. The molecule has 0 radical (unpaired) electrons. The summed E-state index contributed by atoms with van der Waals surface area (Å²) >= 11 is 13.6. The highest BCUT2D eigenvalue weighted by Crippen LogP contribution is 2.31. The van der Waals surface area contributed by atoms with Crippen molar-refractivity contribution in [2.24, 2.45) is 0 Å². The van der Waals surface area contributed by atoms with E-state index in [9.17, 15) is 5.11 Å². The number of halogens is 2. The van der Waals surface area contributed by atoms with E-state index in [4.69, 9.17) is 23.2 Å². The van der Waals surface area contributed by atoms with Crippen LogP contribution in [-0.4, -0.2) is 5.11 Å². The van der Waals surface area contributed by atoms with Crippen LogP contribution in [-0.2, 0) is 6.42 Å². The second kappa shape index (κ2) is 5.62. The number of aliphatic hydroxyl groups is 1. The van der Waals surface area contributed by atoms with Gasteiger partial charge < -0.3 is 5.11 Å². The van der Waals surface area contributed by atoms with Gasteiger partial charge in [0.2, 0.25) is 0 Å². The second-order valence-corrected chi connectivity index (χ2v) is 6.48. The number of hydrogen-bond donors (Lipinski definition) is 1. The Morgan fingerprint density at radius 2 is 1.94 bits per heavy atom. The van der Waals surface area contributed by atoms with E-state index in [1.165, 1.54) is 10.4 Å². The van der Waals surface area contributed by atoms with E-state index in [1.54, 1.807) is 23.5 Å². The summed E-state index contributed by atoms with van der Waals surface area (Å²) in [5.74, 6) is 0. The summed E-state index contributed by atoms with van der Waals surface area (Å²) in [6.45, 7) is 4.11. The molecule has 2 aromatic rings. The van der Waals surface area contributed by atoms with Crippen LogP contribution >= 0.6 is 34.5 Å². The summed E-state index contributed by atoms with van der Waals surface area (Å²) in [5, 5.41) is 11.4. The lowest BCUT2D eigenvalue weighted by molar-refractivity contribution is 0.182. The minimum Gasteiger partial charge on any atom is -0.387 e. The van der Waals surface area contributed by atoms with Crippen LogP contribution in [0.5, 0.6) is 0 Å². The normalized spacial score (nSPS) is 12.7. The fourth-order valence-corrected chi connectivity index (χ4v) is 3.28. The van der Waals surface area contributed by atoms with Gasteiger partial charge in [-0.2, -0.15) is 0 Å². The largest absolute Gasteiger partial charge is 0.387 e. The summed E-state index contributed by atoms with van der Waals surface area (Å²) in [6, 6.07) is 7.40. The Morgan fingerprint density at radius 3 is 2.50 bits per heavy atom. The lowest BCUT2D eigenvalue weighted by atomic mass is 10.1. The van der Waals surface area contributed by atoms with Crippen LogP contribution in [0.4, 0.5) is 0 Å². The van der Waals surface area contributed by atoms with Crippen LogP contribution in [0.25, 0.3) is 0 Å². The summed E-state index contributed by atoms with van der Waals surface area (Å²) in [5.41, 5.74) is 2.13. The van der Waals surface area contributed by atoms with Crippen LogP contribution in [0.3, 0.4) is 0 Å². The third-order valence-corrected chi connectivity index (χ3v) is 4.78. The van der Waals surface area contributed by atoms with Gasteiger partial charge in [-0.25, -0.2) is 0 Å². The molecule has 2 rings (SSSR count). The van der Waals surface area contributed by atoms with Gasteiger partial charge in [0, 0.05) is 26.2 Å². The lowest BCUT2D eigenvalue weighted by Gasteiger charge is -2.10. The number of hydrogen-bond acceptors (Lipinski definition) is 2. The molecule has 0 aliphatic heterocycles. The third kappa shape index (κ3) is 3.07. The van der Waals surface area contributed by atoms with Crippen molar-refractivity contribution >= 4 is 34.5 Å². The van der Waals surface area contributed by atoms with Crippen molar-refractivity contribution in [2.45, 2.75) is 26.4 Å². The Hall–Kier alpha value is -0.540. The first-order chi connectivity index (χ1) is 8.47. The van der Waals surface area contributed by atoms with Crippen molar-refractivity contribution in [1.29, 1.82) is 0 Å². The molecular formula is C14H14Cl2OS. The second-order valence-electron chi connectivity index (χ2n) is 4.34. The first-order valence-corrected chi connectivity index (χ1v) is 7.23. The maximum atomic E-state index is 10.2. The first kappa shape index (κ1) is 13.9. The summed E-state index contributed by atoms with van der Waals surface area (Å²) < 4.78 is 0. The number of benzene rings is 1. The van der Waals surface area contributed by atoms with Gasteiger partial charge in [-0.3, -0.25) is 0 Å². The third-order valence-electron chi connectivity index (χ3n) is 2.94. The number of aryl methyl sites for hydroxylation is 2. The molecule has 0 aliphatic rings. The molecule has 0 aliphatic carbocycles. The topological polar surface area (TPSA) is 20.2 Å². The first-order valence-electron chi connectivity index (χ1n) is 5.66. The fourth-order valence-electron chi connectivity index (χ4n) is 1.76. The highest BCUT2D eigenvalue weighted by Gasteiger charge is 2.14. The van der Waals surface area contributed by atoms with Crippen molar-refractivity contribution < 1.29 is 5.11 Å². The van der Waals surface area contributed by atoms with Crippen molar-refractivity contribution in [3.8, 4) is 0 Å². The zero-order valence-corrected chi connectivity index (χ0v) is 12.5. The van der Waals surface area contributed by atoms with E-state index in [0.717, 1.165) is 10.4 Å². The maximum absolute atomic E-state index is 10.2. The van der Waals surface area contributed by atoms with Crippen LogP contribution in [0.1, 0.15) is 27.0 Å². The molecular weight excluding hydrogens is 287 g/mol. The molecule has 4 heteroatoms. The molecule has 0 bridgehead atoms. The Bertz CT molecular complexity index is 543. The lowest BCUT2D eigenvalue weighted by Crippen LogP contribution is -2.00. The Balaban J connectivity index is 2.18. The number of thiophene rings is 1. The molecule has 0 saturated heterocycles. The van der Waals surface area contributed by atoms with E-state index in [1.807, 2.05) is 12.1 Å². The van der Waals surface area contributed by atoms with Gasteiger partial charge in [-0.05, 0) is 43.2 Å². The van der Waals surface area contributed by atoms with Gasteiger partial charge in [-0.15, -0.1) is 11.3 Å². The zero-order chi connectivity index (χ0) is 13.3. The maximum Gasteiger partial charge on any atom is 0.0922 e. The van der Waals surface area contributed by atoms with Crippen LogP contribution < -0.4 is 0 Å². The van der Waals surface area contributed by atoms with Crippen LogP contribution in [0.15, 0.2) is 24.3 Å². The number of aliphatic hydroxyl groups excluding tert-OH is 1. The van der Waals surface area contributed by atoms with Gasteiger partial charge in [0.05, 0.1) is 6.10 Å². The standard InChI is InChI=1S/C14H14Cl2OS/c1-8-5-14(18-9(8)2)13(17)6-10-3-4-11(15)7-12(10)16/h3-5,7,13,17H,6H2,1-2H3. The van der Waals surface area contributed by atoms with E-state index < -0.39 is 6.10 Å². The van der Waals surface area contributed by atoms with Crippen LogP contribution in [0.2, 0.25) is 10.0 Å². The molecule has 1 heterocycles.